The minimum absolute atomic E-state index is 0.254. The highest BCUT2D eigenvalue weighted by molar-refractivity contribution is 7.71. The fourth-order valence-electron chi connectivity index (χ4n) is 2.37. The van der Waals surface area contributed by atoms with E-state index >= 15 is 0 Å². The molecule has 0 aliphatic heterocycles. The van der Waals surface area contributed by atoms with Crippen LogP contribution in [0.15, 0.2) is 47.6 Å². The Morgan fingerprint density at radius 2 is 2.18 bits per heavy atom. The quantitative estimate of drug-likeness (QED) is 0.467. The molecule has 1 amide bonds. The van der Waals surface area contributed by atoms with Crippen molar-refractivity contribution in [3.8, 4) is 22.9 Å². The van der Waals surface area contributed by atoms with Gasteiger partial charge in [0.25, 0.3) is 5.91 Å². The van der Waals surface area contributed by atoms with Crippen LogP contribution in [0.25, 0.3) is 11.4 Å². The number of halogens is 1. The molecule has 10 heteroatoms. The maximum Gasteiger partial charge on any atom is 0.255 e. The summed E-state index contributed by atoms with van der Waals surface area (Å²) < 4.78 is 25.7. The third-order valence-corrected chi connectivity index (χ3v) is 3.88. The van der Waals surface area contributed by atoms with E-state index in [-0.39, 0.29) is 11.4 Å². The lowest BCUT2D eigenvalue weighted by molar-refractivity contribution is -0.119. The Hall–Kier alpha value is -3.53. The number of hydrogen-bond donors (Lipinski definition) is 2. The molecule has 0 unspecified atom stereocenters. The van der Waals surface area contributed by atoms with E-state index in [1.54, 1.807) is 30.3 Å². The molecule has 3 aromatic rings. The Morgan fingerprint density at radius 3 is 2.89 bits per heavy atom. The first-order valence-corrected chi connectivity index (χ1v) is 8.45. The molecule has 0 radical (unpaired) electrons. The van der Waals surface area contributed by atoms with Crippen LogP contribution in [0.4, 0.5) is 4.39 Å². The standard InChI is InChI=1S/C18H16FN5O3S/c1-26-15-7-11(5-6-14(15)27-10-16(20)25)9-21-24-17(22-23-18(24)28)12-3-2-4-13(19)8-12/h2-9H,10H2,1H3,(H2,20,25)(H,23,28)/b21-9-. The van der Waals surface area contributed by atoms with Gasteiger partial charge in [-0.2, -0.15) is 14.9 Å². The van der Waals surface area contributed by atoms with Gasteiger partial charge in [-0.15, -0.1) is 0 Å². The van der Waals surface area contributed by atoms with Gasteiger partial charge in [0, 0.05) is 5.56 Å². The minimum Gasteiger partial charge on any atom is -0.493 e. The highest BCUT2D eigenvalue weighted by Crippen LogP contribution is 2.27. The second-order valence-corrected chi connectivity index (χ2v) is 5.97. The molecule has 0 aliphatic rings. The fourth-order valence-corrected chi connectivity index (χ4v) is 2.55. The lowest BCUT2D eigenvalue weighted by Gasteiger charge is -2.09. The van der Waals surface area contributed by atoms with Gasteiger partial charge in [-0.25, -0.2) is 9.49 Å². The average Bonchev–Trinajstić information content (AvgIpc) is 3.05. The van der Waals surface area contributed by atoms with Crippen LogP contribution in [-0.4, -0.2) is 40.7 Å². The molecule has 0 fully saturated rings. The van der Waals surface area contributed by atoms with Crippen molar-refractivity contribution in [2.45, 2.75) is 0 Å². The molecule has 0 saturated carbocycles. The van der Waals surface area contributed by atoms with Gasteiger partial charge in [-0.05, 0) is 48.1 Å². The molecule has 0 bridgehead atoms. The van der Waals surface area contributed by atoms with Gasteiger partial charge in [-0.1, -0.05) is 12.1 Å². The van der Waals surface area contributed by atoms with Crippen molar-refractivity contribution in [2.24, 2.45) is 10.8 Å². The smallest absolute Gasteiger partial charge is 0.255 e. The molecule has 0 aliphatic carbocycles. The van der Waals surface area contributed by atoms with Gasteiger partial charge in [0.2, 0.25) is 4.77 Å². The number of carbonyl (C=O) groups is 1. The average molecular weight is 401 g/mol. The zero-order chi connectivity index (χ0) is 20.1. The predicted molar refractivity (Wildman–Crippen MR) is 103 cm³/mol. The summed E-state index contributed by atoms with van der Waals surface area (Å²) in [5, 5.41) is 11.1. The number of nitrogens with two attached hydrogens (primary N) is 1. The maximum absolute atomic E-state index is 13.5. The van der Waals surface area contributed by atoms with Crippen molar-refractivity contribution in [1.29, 1.82) is 0 Å². The Balaban J connectivity index is 1.89. The summed E-state index contributed by atoms with van der Waals surface area (Å²) >= 11 is 5.20. The monoisotopic (exact) mass is 401 g/mol. The molecular formula is C18H16FN5O3S. The third-order valence-electron chi connectivity index (χ3n) is 3.61. The molecule has 1 aromatic heterocycles. The molecule has 144 valence electrons. The number of rotatable bonds is 7. The van der Waals surface area contributed by atoms with Crippen LogP contribution in [0.5, 0.6) is 11.5 Å². The van der Waals surface area contributed by atoms with E-state index in [1.807, 2.05) is 0 Å². The second-order valence-electron chi connectivity index (χ2n) is 5.58. The number of hydrogen-bond acceptors (Lipinski definition) is 6. The highest BCUT2D eigenvalue weighted by Gasteiger charge is 2.10. The van der Waals surface area contributed by atoms with Crippen LogP contribution in [-0.2, 0) is 4.79 Å². The Labute approximate surface area is 164 Å². The molecular weight excluding hydrogens is 385 g/mol. The molecule has 0 saturated heterocycles. The summed E-state index contributed by atoms with van der Waals surface area (Å²) in [4.78, 5) is 10.9. The summed E-state index contributed by atoms with van der Waals surface area (Å²) in [5.74, 6) is 0.171. The number of carbonyl (C=O) groups excluding carboxylic acids is 1. The van der Waals surface area contributed by atoms with Crippen LogP contribution in [0.2, 0.25) is 0 Å². The number of ether oxygens (including phenoxy) is 2. The lowest BCUT2D eigenvalue weighted by atomic mass is 10.2. The van der Waals surface area contributed by atoms with Gasteiger partial charge in [0.05, 0.1) is 13.3 Å². The van der Waals surface area contributed by atoms with Crippen molar-refractivity contribution in [2.75, 3.05) is 13.7 Å². The summed E-state index contributed by atoms with van der Waals surface area (Å²) in [6, 6.07) is 11.0. The second kappa shape index (κ2) is 8.44. The number of aromatic amines is 1. The van der Waals surface area contributed by atoms with Crippen molar-refractivity contribution in [3.63, 3.8) is 0 Å². The van der Waals surface area contributed by atoms with Crippen molar-refractivity contribution >= 4 is 24.3 Å². The molecule has 0 atom stereocenters. The molecule has 3 N–H and O–H groups in total. The third kappa shape index (κ3) is 4.41. The van der Waals surface area contributed by atoms with E-state index in [1.165, 1.54) is 30.1 Å². The molecule has 8 nitrogen and oxygen atoms in total. The van der Waals surface area contributed by atoms with Crippen LogP contribution < -0.4 is 15.2 Å². The number of H-pyrrole nitrogens is 1. The van der Waals surface area contributed by atoms with Gasteiger partial charge in [0.15, 0.2) is 23.9 Å². The Kier molecular flexibility index (Phi) is 5.80. The molecule has 0 spiro atoms. The zero-order valence-electron chi connectivity index (χ0n) is 14.8. The summed E-state index contributed by atoms with van der Waals surface area (Å²) in [5.41, 5.74) is 6.28. The van der Waals surface area contributed by atoms with E-state index in [0.29, 0.717) is 28.5 Å². The number of primary amides is 1. The normalized spacial score (nSPS) is 10.9. The topological polar surface area (TPSA) is 108 Å². The van der Waals surface area contributed by atoms with Crippen molar-refractivity contribution < 1.29 is 18.7 Å². The SMILES string of the molecule is COc1cc(/C=N\n2c(-c3cccc(F)c3)n[nH]c2=S)ccc1OCC(N)=O. The lowest BCUT2D eigenvalue weighted by Crippen LogP contribution is -2.20. The van der Waals surface area contributed by atoms with E-state index in [9.17, 15) is 9.18 Å². The van der Waals surface area contributed by atoms with E-state index in [2.05, 4.69) is 15.3 Å². The number of aromatic nitrogens is 3. The van der Waals surface area contributed by atoms with Crippen LogP contribution >= 0.6 is 12.2 Å². The number of amides is 1. The van der Waals surface area contributed by atoms with E-state index < -0.39 is 11.7 Å². The zero-order valence-corrected chi connectivity index (χ0v) is 15.6. The summed E-state index contributed by atoms with van der Waals surface area (Å²) in [6.07, 6.45) is 1.54. The van der Waals surface area contributed by atoms with Gasteiger partial charge >= 0.3 is 0 Å². The number of methoxy groups -OCH3 is 1. The van der Waals surface area contributed by atoms with Crippen molar-refractivity contribution in [3.05, 3.63) is 58.6 Å². The first-order chi connectivity index (χ1) is 13.5. The maximum atomic E-state index is 13.5. The summed E-state index contributed by atoms with van der Waals surface area (Å²) in [6.45, 7) is -0.259. The predicted octanol–water partition coefficient (Wildman–Crippen LogP) is 2.50. The van der Waals surface area contributed by atoms with Gasteiger partial charge in [0.1, 0.15) is 5.82 Å². The number of nitrogens with zero attached hydrogens (tertiary/aromatic N) is 3. The fraction of sp³-hybridized carbons (Fsp3) is 0.111. The highest BCUT2D eigenvalue weighted by atomic mass is 32.1. The number of nitrogens with one attached hydrogen (secondary N) is 1. The molecule has 28 heavy (non-hydrogen) atoms. The van der Waals surface area contributed by atoms with Crippen LogP contribution in [0.1, 0.15) is 5.56 Å². The first kappa shape index (κ1) is 19.2. The Morgan fingerprint density at radius 1 is 1.36 bits per heavy atom. The van der Waals surface area contributed by atoms with Gasteiger partial charge < -0.3 is 15.2 Å². The van der Waals surface area contributed by atoms with E-state index in [0.717, 1.165) is 0 Å². The molecule has 1 heterocycles. The van der Waals surface area contributed by atoms with E-state index in [4.69, 9.17) is 27.4 Å². The molecule has 2 aromatic carbocycles. The summed E-state index contributed by atoms with van der Waals surface area (Å²) in [7, 11) is 1.47. The minimum atomic E-state index is -0.591. The molecule has 3 rings (SSSR count). The van der Waals surface area contributed by atoms with Crippen molar-refractivity contribution in [1.82, 2.24) is 14.9 Å². The largest absolute Gasteiger partial charge is 0.493 e. The first-order valence-electron chi connectivity index (χ1n) is 8.05. The van der Waals surface area contributed by atoms with Crippen LogP contribution in [0, 0.1) is 10.6 Å². The van der Waals surface area contributed by atoms with Gasteiger partial charge in [-0.3, -0.25) is 4.79 Å². The number of benzene rings is 2. The Bertz CT molecular complexity index is 1090. The van der Waals surface area contributed by atoms with Crippen LogP contribution in [0.3, 0.4) is 0 Å².